The van der Waals surface area contributed by atoms with Gasteiger partial charge in [0.2, 0.25) is 0 Å². The van der Waals surface area contributed by atoms with Crippen molar-refractivity contribution < 1.29 is 14.7 Å². The highest BCUT2D eigenvalue weighted by Crippen LogP contribution is 1.92. The van der Waals surface area contributed by atoms with Crippen molar-refractivity contribution in [1.82, 2.24) is 0 Å². The normalized spacial score (nSPS) is 8.25. The highest BCUT2D eigenvalue weighted by atomic mass is 31.1. The smallest absolute Gasteiger partial charge is 0.310 e. The molecule has 72 valence electrons. The van der Waals surface area contributed by atoms with Gasteiger partial charge in [-0.15, -0.1) is 8.58 Å². The van der Waals surface area contributed by atoms with Crippen LogP contribution in [-0.2, 0) is 9.59 Å². The number of carboxylic acids is 1. The predicted molar refractivity (Wildman–Crippen MR) is 52.3 cm³/mol. The second-order valence-electron chi connectivity index (χ2n) is 2.36. The lowest BCUT2D eigenvalue weighted by Gasteiger charge is -1.90. The minimum absolute atomic E-state index is 0.190. The van der Waals surface area contributed by atoms with E-state index in [1.807, 2.05) is 6.92 Å². The monoisotopic (exact) mass is 192 g/mol. The average molecular weight is 192 g/mol. The largest absolute Gasteiger partial charge is 0.481 e. The van der Waals surface area contributed by atoms with Crippen LogP contribution in [0.2, 0.25) is 0 Å². The van der Waals surface area contributed by atoms with Gasteiger partial charge in [0, 0.05) is 6.42 Å². The Balaban J connectivity index is 0. The van der Waals surface area contributed by atoms with Gasteiger partial charge in [-0.2, -0.15) is 0 Å². The van der Waals surface area contributed by atoms with E-state index in [4.69, 9.17) is 5.11 Å². The van der Waals surface area contributed by atoms with Gasteiger partial charge in [0.05, 0.1) is 0 Å². The van der Waals surface area contributed by atoms with E-state index in [-0.39, 0.29) is 12.2 Å². The van der Waals surface area contributed by atoms with Crippen molar-refractivity contribution in [2.24, 2.45) is 0 Å². The Morgan fingerprint density at radius 1 is 1.33 bits per heavy atom. The van der Waals surface area contributed by atoms with Gasteiger partial charge in [0.25, 0.3) is 0 Å². The van der Waals surface area contributed by atoms with Crippen LogP contribution in [0.3, 0.4) is 0 Å². The molecule has 4 heteroatoms. The maximum atomic E-state index is 10.5. The fourth-order valence-electron chi connectivity index (χ4n) is 0.536. The molecule has 0 aromatic heterocycles. The molecule has 0 radical (unpaired) electrons. The molecule has 0 aliphatic carbocycles. The highest BCUT2D eigenvalue weighted by Gasteiger charge is 2.04. The molecule has 0 saturated heterocycles. The number of hydrogen-bond donors (Lipinski definition) is 1. The summed E-state index contributed by atoms with van der Waals surface area (Å²) in [5, 5.41) is 8.09. The lowest BCUT2D eigenvalue weighted by atomic mass is 10.2. The molecule has 0 aliphatic rings. The molecule has 0 atom stereocenters. The van der Waals surface area contributed by atoms with E-state index in [1.165, 1.54) is 0 Å². The van der Waals surface area contributed by atoms with E-state index >= 15 is 0 Å². The molecule has 0 aromatic rings. The summed E-state index contributed by atoms with van der Waals surface area (Å²) in [4.78, 5) is 20.3. The zero-order valence-electron chi connectivity index (χ0n) is 7.89. The topological polar surface area (TPSA) is 54.4 Å². The number of hydrogen-bond acceptors (Lipinski definition) is 2. The van der Waals surface area contributed by atoms with E-state index in [2.05, 4.69) is 13.3 Å². The molecule has 0 amide bonds. The summed E-state index contributed by atoms with van der Waals surface area (Å²) in [7, 11) is 1.08. The molecule has 0 saturated carbocycles. The number of ketones is 1. The summed E-state index contributed by atoms with van der Waals surface area (Å²) >= 11 is 0. The van der Waals surface area contributed by atoms with Crippen LogP contribution in [0.4, 0.5) is 0 Å². The zero-order chi connectivity index (χ0) is 9.98. The predicted octanol–water partition coefficient (Wildman–Crippen LogP) is 1.75. The molecule has 1 N–H and O–H groups in total. The fourth-order valence-corrected chi connectivity index (χ4v) is 0.536. The molecule has 0 rings (SSSR count). The third-order valence-corrected chi connectivity index (χ3v) is 0.877. The number of carboxylic acid groups (broad SMARTS) is 1. The quantitative estimate of drug-likeness (QED) is 0.545. The van der Waals surface area contributed by atoms with E-state index < -0.39 is 5.97 Å². The van der Waals surface area contributed by atoms with Crippen LogP contribution in [0.5, 0.6) is 0 Å². The first kappa shape index (κ1) is 14.1. The van der Waals surface area contributed by atoms with Gasteiger partial charge >= 0.3 is 5.97 Å². The molecule has 0 heterocycles. The number of Topliss-reactive ketones (excluding diaryl/α,β-unsaturated/α-hetero) is 1. The first-order chi connectivity index (χ1) is 5.58. The number of carbonyl (C=O) groups is 2. The van der Waals surface area contributed by atoms with Gasteiger partial charge in [-0.05, 0) is 19.8 Å². The maximum Gasteiger partial charge on any atom is 0.310 e. The van der Waals surface area contributed by atoms with Crippen LogP contribution >= 0.6 is 8.58 Å². The van der Waals surface area contributed by atoms with Crippen molar-refractivity contribution in [2.75, 3.05) is 13.3 Å². The fraction of sp³-hybridized carbons (Fsp3) is 0.750. The molecular formula is C8H17O3P. The van der Waals surface area contributed by atoms with Gasteiger partial charge in [-0.3, -0.25) is 9.59 Å². The van der Waals surface area contributed by atoms with Gasteiger partial charge in [0.1, 0.15) is 12.2 Å². The van der Waals surface area contributed by atoms with Crippen LogP contribution in [0.25, 0.3) is 0 Å². The molecule has 0 fully saturated rings. The zero-order valence-corrected chi connectivity index (χ0v) is 8.89. The van der Waals surface area contributed by atoms with Crippen molar-refractivity contribution in [3.63, 3.8) is 0 Å². The molecule has 12 heavy (non-hydrogen) atoms. The summed E-state index contributed by atoms with van der Waals surface area (Å²) in [5.41, 5.74) is 0. The summed E-state index contributed by atoms with van der Waals surface area (Å²) in [5.74, 6) is -1.22. The lowest BCUT2D eigenvalue weighted by molar-refractivity contribution is -0.140. The minimum atomic E-state index is -1.03. The Morgan fingerprint density at radius 3 is 2.00 bits per heavy atom. The Morgan fingerprint density at radius 2 is 1.75 bits per heavy atom. The molecule has 0 aliphatic heterocycles. The van der Waals surface area contributed by atoms with Crippen LogP contribution in [0.15, 0.2) is 0 Å². The molecule has 0 aromatic carbocycles. The molecule has 0 unspecified atom stereocenters. The third kappa shape index (κ3) is 16.3. The van der Waals surface area contributed by atoms with Crippen molar-refractivity contribution in [3.8, 4) is 0 Å². The summed E-state index contributed by atoms with van der Waals surface area (Å²) < 4.78 is 0. The van der Waals surface area contributed by atoms with Gasteiger partial charge in [0.15, 0.2) is 0 Å². The number of carbonyl (C=O) groups excluding carboxylic acids is 1. The molecule has 3 nitrogen and oxygen atoms in total. The van der Waals surface area contributed by atoms with Crippen molar-refractivity contribution in [3.05, 3.63) is 0 Å². The minimum Gasteiger partial charge on any atom is -0.481 e. The van der Waals surface area contributed by atoms with E-state index in [1.54, 1.807) is 0 Å². The summed E-state index contributed by atoms with van der Waals surface area (Å²) in [6.07, 6.45) is 0.784. The molecule has 0 spiro atoms. The van der Waals surface area contributed by atoms with Crippen LogP contribution in [-0.4, -0.2) is 30.2 Å². The van der Waals surface area contributed by atoms with Gasteiger partial charge in [-0.1, -0.05) is 6.92 Å². The number of rotatable bonds is 4. The van der Waals surface area contributed by atoms with Crippen LogP contribution < -0.4 is 0 Å². The second kappa shape index (κ2) is 10.6. The molecular weight excluding hydrogens is 175 g/mol. The van der Waals surface area contributed by atoms with E-state index in [0.717, 1.165) is 15.0 Å². The SMILES string of the molecule is CCCC(=O)CC(=O)O.CPC. The third-order valence-electron chi connectivity index (χ3n) is 0.877. The Kier molecular flexibility index (Phi) is 12.4. The summed E-state index contributed by atoms with van der Waals surface area (Å²) in [6, 6.07) is 0. The van der Waals surface area contributed by atoms with E-state index in [9.17, 15) is 9.59 Å². The van der Waals surface area contributed by atoms with Gasteiger partial charge in [-0.25, -0.2) is 0 Å². The van der Waals surface area contributed by atoms with Crippen LogP contribution in [0.1, 0.15) is 26.2 Å². The summed E-state index contributed by atoms with van der Waals surface area (Å²) in [6.45, 7) is 6.15. The number of aliphatic carboxylic acids is 1. The van der Waals surface area contributed by atoms with E-state index in [0.29, 0.717) is 6.42 Å². The first-order valence-electron chi connectivity index (χ1n) is 3.90. The van der Waals surface area contributed by atoms with Crippen molar-refractivity contribution >= 4 is 20.3 Å². The maximum absolute atomic E-state index is 10.5. The lowest BCUT2D eigenvalue weighted by Crippen LogP contribution is -2.05. The van der Waals surface area contributed by atoms with Crippen molar-refractivity contribution in [1.29, 1.82) is 0 Å². The van der Waals surface area contributed by atoms with Crippen LogP contribution in [0, 0.1) is 0 Å². The average Bonchev–Trinajstić information content (AvgIpc) is 1.87. The second-order valence-corrected chi connectivity index (χ2v) is 3.36. The standard InChI is InChI=1S/C6H10O3.C2H7P/c1-2-3-5(7)4-6(8)9;1-3-2/h2-4H2,1H3,(H,8,9);3H,1-2H3. The Labute approximate surface area is 75.3 Å². The Hall–Kier alpha value is -0.430. The Bertz CT molecular complexity index is 134. The molecule has 0 bridgehead atoms. The van der Waals surface area contributed by atoms with Gasteiger partial charge < -0.3 is 5.11 Å². The first-order valence-corrected chi connectivity index (χ1v) is 5.90. The highest BCUT2D eigenvalue weighted by molar-refractivity contribution is 7.35. The van der Waals surface area contributed by atoms with Crippen molar-refractivity contribution in [2.45, 2.75) is 26.2 Å².